The van der Waals surface area contributed by atoms with Crippen LogP contribution in [0.1, 0.15) is 79.5 Å². The molecule has 0 aliphatic heterocycles. The fraction of sp³-hybridized carbons (Fsp3) is 0. The molecule has 0 atom stereocenters. The van der Waals surface area contributed by atoms with E-state index in [1.807, 2.05) is 0 Å². The third kappa shape index (κ3) is 8.95. The Labute approximate surface area is 635 Å². The molecule has 0 saturated carbocycles. The predicted molar refractivity (Wildman–Crippen MR) is 408 cm³/mol. The molecule has 20 aromatic rings. The van der Waals surface area contributed by atoms with Crippen molar-refractivity contribution in [3.8, 4) is 77.9 Å². The highest BCUT2D eigenvalue weighted by Crippen LogP contribution is 2.49. The number of rotatable bonds is 7. The van der Waals surface area contributed by atoms with Crippen LogP contribution in [0.2, 0.25) is 0 Å². The van der Waals surface area contributed by atoms with E-state index in [1.54, 1.807) is 0 Å². The van der Waals surface area contributed by atoms with Gasteiger partial charge in [-0.05, 0) is 173 Å². The van der Waals surface area contributed by atoms with Crippen molar-refractivity contribution in [3.63, 3.8) is 0 Å². The Morgan fingerprint density at radius 2 is 0.490 bits per heavy atom. The summed E-state index contributed by atoms with van der Waals surface area (Å²) in [4.78, 5) is 0. The van der Waals surface area contributed by atoms with E-state index in [0.717, 1.165) is 0 Å². The first kappa shape index (κ1) is 22.3. The van der Waals surface area contributed by atoms with Crippen molar-refractivity contribution in [1.82, 2.24) is 0 Å². The summed E-state index contributed by atoms with van der Waals surface area (Å²) in [6.07, 6.45) is 0. The van der Waals surface area contributed by atoms with Crippen LogP contribution in [0.15, 0.2) is 359 Å². The molecule has 0 spiro atoms. The van der Waals surface area contributed by atoms with Gasteiger partial charge in [-0.3, -0.25) is 0 Å². The molecule has 96 heavy (non-hydrogen) atoms. The largest absolute Gasteiger partial charge is 0.455 e. The van der Waals surface area contributed by atoms with Gasteiger partial charge in [-0.2, -0.15) is 0 Å². The summed E-state index contributed by atoms with van der Waals surface area (Å²) in [5.74, 6) is 0. The number of benzene rings is 18. The first-order valence-corrected chi connectivity index (χ1v) is 28.3. The summed E-state index contributed by atoms with van der Waals surface area (Å²) in [5.41, 5.74) is -13.6. The smallest absolute Gasteiger partial charge is 0.143 e. The van der Waals surface area contributed by atoms with E-state index in [1.165, 1.54) is 0 Å². The quantitative estimate of drug-likeness (QED) is 0.149. The van der Waals surface area contributed by atoms with Crippen LogP contribution in [-0.4, -0.2) is 0 Å². The maximum absolute atomic E-state index is 9.73. The molecule has 0 amide bonds. The van der Waals surface area contributed by atoms with Crippen LogP contribution >= 0.6 is 0 Å². The fourth-order valence-electron chi connectivity index (χ4n) is 11.7. The van der Waals surface area contributed by atoms with E-state index >= 15 is 0 Å². The predicted octanol–water partition coefficient (Wildman–Crippen LogP) is 26.9. The SMILES string of the molecule is [2H]c1c([2H])c(-c2c([2H])c([2H])c([2H])c3oc4c5c([2H])c([2H])c([2H])c([2H])c5c([2H])c([2H])c4c23)c([2H])c([2H])c1-c1c2c([2H])c([2H])c([2H])c([2H])c2c(-c2c([2H])c([2H])c3c([2H])c([2H])c([2H])c([2H])c3c2[2H])c2c([2H])c([2H])c([2H])c([2H])c12.[2H]c1c([2H])c([2H])c(-c2c([2H])c([2H])c([2H])c([2H])c2-c2c3c([2H])c([2H])c([2H])c([2H])c3c(-c3c([2H])c([2H])c(-c4c([2H])c([2H])c([2H])c5oc6c7c([2H])c([2H])c([2H])c([2H])c7c([2H])c([2H])c6c45)c([2H])c3[2H])c3c([2H])c([2H])c([2H])c([2H])c23)c([2H])c1[2H]. The van der Waals surface area contributed by atoms with Crippen molar-refractivity contribution in [3.05, 3.63) is 350 Å². The fourth-order valence-corrected chi connectivity index (χ4v) is 11.7. The number of fused-ring (bicyclic) bond motifs is 15. The summed E-state index contributed by atoms with van der Waals surface area (Å²) < 4.78 is 534. The van der Waals surface area contributed by atoms with Crippen molar-refractivity contribution >= 4 is 119 Å². The van der Waals surface area contributed by atoms with Gasteiger partial charge in [0.1, 0.15) is 22.3 Å². The van der Waals surface area contributed by atoms with Gasteiger partial charge in [-0.25, -0.2) is 0 Å². The molecular weight excluding hydrogens is 1160 g/mol. The summed E-state index contributed by atoms with van der Waals surface area (Å²) in [6.45, 7) is 0. The second-order valence-corrected chi connectivity index (χ2v) is 20.8. The molecule has 0 aliphatic carbocycles. The molecule has 0 unspecified atom stereocenters. The molecule has 0 saturated heterocycles. The van der Waals surface area contributed by atoms with Gasteiger partial charge in [-0.1, -0.05) is 320 Å². The zero-order valence-electron chi connectivity index (χ0n) is 106. The highest BCUT2D eigenvalue weighted by molar-refractivity contribution is 6.25. The van der Waals surface area contributed by atoms with E-state index in [0.29, 0.717) is 0 Å². The minimum Gasteiger partial charge on any atom is -0.455 e. The normalized spacial score (nSPS) is 20.2. The summed E-state index contributed by atoms with van der Waals surface area (Å²) >= 11 is 0. The third-order valence-electron chi connectivity index (χ3n) is 15.7. The van der Waals surface area contributed by atoms with Gasteiger partial charge in [-0.15, -0.1) is 0 Å². The van der Waals surface area contributed by atoms with Gasteiger partial charge in [0, 0.05) is 32.3 Å². The molecule has 0 aliphatic rings. The lowest BCUT2D eigenvalue weighted by Crippen LogP contribution is -1.92. The second kappa shape index (κ2) is 22.6. The number of furan rings is 2. The standard InChI is InChI=1S/C48H30O.C46H28O/c1-2-13-31(14-3-1)35-16-6-7-18-38(35)46-41-21-10-8-19-39(41)45(40-20-9-11-22-42(40)46)34-27-25-33(26-28-34)36-23-12-24-44-47(36)43-30-29-32-15-4-5-17-37(32)48(43)49-44;1-2-12-33-28-34(25-20-29(33)10-1)44-39-16-7-5-14-37(39)43(38-15-6-8-17-40(38)44)32-23-21-31(22-24-32)35-18-9-19-42-45(35)41-27-26-30-11-3-4-13-36(30)46(41)47-42/h1-30H;1-28H/i1D,2D,3D,4D,5D,6D,7D,8D,9D,10D,11D,12D,13D,14D,15D,16D,17D,18D,19D,20D,21D,22D,23D,24D,25D,26D,27D,28D,29D,30D;1D,2D,3D,4D,5D,6D,7D,8D,9D,10D,11D,12D,13D,14D,15D,16D,17D,18D,19D,20D,21D,22D,23D,24D,25D,26D,27D,28D. The molecule has 0 N–H and O–H groups in total. The van der Waals surface area contributed by atoms with Gasteiger partial charge < -0.3 is 8.83 Å². The average molecular weight is 1280 g/mol. The van der Waals surface area contributed by atoms with Gasteiger partial charge in [0.25, 0.3) is 0 Å². The summed E-state index contributed by atoms with van der Waals surface area (Å²) in [6, 6.07) is -55.1. The van der Waals surface area contributed by atoms with Crippen molar-refractivity contribution in [2.24, 2.45) is 0 Å². The third-order valence-corrected chi connectivity index (χ3v) is 15.7. The van der Waals surface area contributed by atoms with E-state index in [-0.39, 0.29) is 0 Å². The van der Waals surface area contributed by atoms with Crippen molar-refractivity contribution in [1.29, 1.82) is 0 Å². The van der Waals surface area contributed by atoms with Crippen LogP contribution < -0.4 is 0 Å². The maximum Gasteiger partial charge on any atom is 0.143 e. The summed E-state index contributed by atoms with van der Waals surface area (Å²) in [5, 5.41) is -11.3. The molecule has 2 nitrogen and oxygen atoms in total. The Morgan fingerprint density at radius 1 is 0.177 bits per heavy atom. The van der Waals surface area contributed by atoms with Crippen LogP contribution in [0.5, 0.6) is 0 Å². The van der Waals surface area contributed by atoms with Gasteiger partial charge >= 0.3 is 0 Å². The molecular formula is C94H58O2. The first-order valence-electron chi connectivity index (χ1n) is 57.3. The van der Waals surface area contributed by atoms with E-state index in [4.69, 9.17) is 58.2 Å². The molecule has 0 fully saturated rings. The monoisotopic (exact) mass is 1280 g/mol. The zero-order chi connectivity index (χ0) is 114. The molecule has 2 heteroatoms. The van der Waals surface area contributed by atoms with Crippen LogP contribution in [0.25, 0.3) is 197 Å². The maximum atomic E-state index is 9.73. The lowest BCUT2D eigenvalue weighted by atomic mass is 9.83. The second-order valence-electron chi connectivity index (χ2n) is 20.8. The number of hydrogen-bond acceptors (Lipinski definition) is 2. The Kier molecular flexibility index (Phi) is 5.24. The lowest BCUT2D eigenvalue weighted by molar-refractivity contribution is 0.672. The average Bonchev–Trinajstić information content (AvgIpc) is 0.979. The Bertz CT molecular complexity index is 9930. The van der Waals surface area contributed by atoms with Gasteiger partial charge in [0.05, 0.1) is 79.5 Å². The summed E-state index contributed by atoms with van der Waals surface area (Å²) in [7, 11) is 0. The van der Waals surface area contributed by atoms with Crippen molar-refractivity contribution in [2.45, 2.75) is 0 Å². The molecule has 18 aromatic carbocycles. The van der Waals surface area contributed by atoms with E-state index in [2.05, 4.69) is 0 Å². The lowest BCUT2D eigenvalue weighted by Gasteiger charge is -2.20. The van der Waals surface area contributed by atoms with E-state index in [9.17, 15) is 30.2 Å². The van der Waals surface area contributed by atoms with Crippen molar-refractivity contribution in [2.75, 3.05) is 0 Å². The Hall–Kier alpha value is -12.6. The van der Waals surface area contributed by atoms with Gasteiger partial charge in [0.15, 0.2) is 0 Å². The van der Waals surface area contributed by atoms with Crippen LogP contribution in [0, 0.1) is 0 Å². The molecule has 446 valence electrons. The van der Waals surface area contributed by atoms with Crippen LogP contribution in [0.4, 0.5) is 0 Å². The molecule has 2 aromatic heterocycles. The molecule has 2 heterocycles. The van der Waals surface area contributed by atoms with Crippen LogP contribution in [-0.2, 0) is 0 Å². The van der Waals surface area contributed by atoms with Crippen LogP contribution in [0.3, 0.4) is 0 Å². The van der Waals surface area contributed by atoms with Gasteiger partial charge in [0.2, 0.25) is 0 Å². The van der Waals surface area contributed by atoms with E-state index < -0.39 is 548 Å². The molecule has 0 radical (unpaired) electrons. The zero-order valence-corrected chi connectivity index (χ0v) is 47.8. The molecule has 0 bridgehead atoms. The topological polar surface area (TPSA) is 26.3 Å². The van der Waals surface area contributed by atoms with Crippen molar-refractivity contribution < 1.29 is 88.3 Å². The highest BCUT2D eigenvalue weighted by Gasteiger charge is 2.22. The minimum absolute atomic E-state index is 0.426. The first-order chi connectivity index (χ1) is 71.8. The Balaban J connectivity index is 0.000000192. The Morgan fingerprint density at radius 3 is 0.948 bits per heavy atom. The molecule has 20 rings (SSSR count). The highest BCUT2D eigenvalue weighted by atomic mass is 16.3. The minimum atomic E-state index is -1.15. The number of hydrogen-bond donors (Lipinski definition) is 0.